The van der Waals surface area contributed by atoms with Gasteiger partial charge in [-0.15, -0.1) is 0 Å². The smallest absolute Gasteiger partial charge is 0.320 e. The molecule has 3 rings (SSSR count). The van der Waals surface area contributed by atoms with Crippen LogP contribution >= 0.6 is 0 Å². The minimum Gasteiger partial charge on any atom is -0.465 e. The van der Waals surface area contributed by atoms with Gasteiger partial charge in [-0.05, 0) is 62.9 Å². The van der Waals surface area contributed by atoms with Crippen LogP contribution in [-0.4, -0.2) is 74.7 Å². The molecule has 150 valence electrons. The standard InChI is InChI=1S/C21H34N4O2/c1-2-27-21(26)17-24-15-13-23(14-16-24)10-7-18-8-11-25(12-9-18)20-5-3-19(22)4-6-20/h3-6,18H,2,7-17,22H2,1H3. The summed E-state index contributed by atoms with van der Waals surface area (Å²) in [5.41, 5.74) is 7.91. The fourth-order valence-electron chi connectivity index (χ4n) is 4.09. The largest absolute Gasteiger partial charge is 0.465 e. The summed E-state index contributed by atoms with van der Waals surface area (Å²) in [7, 11) is 0. The van der Waals surface area contributed by atoms with Crippen LogP contribution in [0.3, 0.4) is 0 Å². The Kier molecular flexibility index (Phi) is 7.35. The molecule has 1 aromatic carbocycles. The number of carbonyl (C=O) groups is 1. The van der Waals surface area contributed by atoms with E-state index in [1.54, 1.807) is 0 Å². The van der Waals surface area contributed by atoms with Gasteiger partial charge in [-0.1, -0.05) is 0 Å². The Morgan fingerprint density at radius 1 is 1.04 bits per heavy atom. The lowest BCUT2D eigenvalue weighted by Gasteiger charge is -2.37. The van der Waals surface area contributed by atoms with E-state index in [9.17, 15) is 4.79 Å². The molecule has 0 radical (unpaired) electrons. The summed E-state index contributed by atoms with van der Waals surface area (Å²) in [6, 6.07) is 8.24. The Labute approximate surface area is 163 Å². The first-order valence-corrected chi connectivity index (χ1v) is 10.3. The summed E-state index contributed by atoms with van der Waals surface area (Å²) in [4.78, 5) is 18.8. The normalized spacial score (nSPS) is 20.0. The van der Waals surface area contributed by atoms with E-state index >= 15 is 0 Å². The van der Waals surface area contributed by atoms with Gasteiger partial charge in [0.05, 0.1) is 13.2 Å². The van der Waals surface area contributed by atoms with Crippen molar-refractivity contribution in [2.75, 3.05) is 69.6 Å². The number of benzene rings is 1. The summed E-state index contributed by atoms with van der Waals surface area (Å²) < 4.78 is 5.04. The van der Waals surface area contributed by atoms with Crippen molar-refractivity contribution in [2.45, 2.75) is 26.2 Å². The number of esters is 1. The first-order valence-electron chi connectivity index (χ1n) is 10.3. The van der Waals surface area contributed by atoms with Crippen molar-refractivity contribution in [3.8, 4) is 0 Å². The highest BCUT2D eigenvalue weighted by Gasteiger charge is 2.22. The molecule has 0 bridgehead atoms. The molecule has 6 heteroatoms. The van der Waals surface area contributed by atoms with Crippen LogP contribution in [0.2, 0.25) is 0 Å². The van der Waals surface area contributed by atoms with Crippen molar-refractivity contribution in [3.63, 3.8) is 0 Å². The molecule has 0 aliphatic carbocycles. The average molecular weight is 375 g/mol. The number of nitrogen functional groups attached to an aromatic ring is 1. The fraction of sp³-hybridized carbons (Fsp3) is 0.667. The van der Waals surface area contributed by atoms with Gasteiger partial charge in [0.2, 0.25) is 0 Å². The molecule has 0 saturated carbocycles. The molecule has 0 amide bonds. The maximum absolute atomic E-state index is 11.6. The SMILES string of the molecule is CCOC(=O)CN1CCN(CCC2CCN(c3ccc(N)cc3)CC2)CC1. The molecule has 2 saturated heterocycles. The van der Waals surface area contributed by atoms with Crippen LogP contribution < -0.4 is 10.6 Å². The second-order valence-electron chi connectivity index (χ2n) is 7.73. The molecule has 0 spiro atoms. The van der Waals surface area contributed by atoms with Gasteiger partial charge in [0.25, 0.3) is 0 Å². The van der Waals surface area contributed by atoms with Crippen molar-refractivity contribution >= 4 is 17.3 Å². The summed E-state index contributed by atoms with van der Waals surface area (Å²) in [5, 5.41) is 0. The Balaban J connectivity index is 1.31. The lowest BCUT2D eigenvalue weighted by molar-refractivity contribution is -0.144. The number of piperidine rings is 1. The number of hydrogen-bond acceptors (Lipinski definition) is 6. The second-order valence-corrected chi connectivity index (χ2v) is 7.73. The minimum atomic E-state index is -0.0983. The monoisotopic (exact) mass is 374 g/mol. The van der Waals surface area contributed by atoms with Crippen LogP contribution in [0.4, 0.5) is 11.4 Å². The van der Waals surface area contributed by atoms with E-state index in [1.165, 1.54) is 31.5 Å². The lowest BCUT2D eigenvalue weighted by Crippen LogP contribution is -2.48. The van der Waals surface area contributed by atoms with Gasteiger partial charge in [0.1, 0.15) is 0 Å². The van der Waals surface area contributed by atoms with Crippen LogP contribution in [0.1, 0.15) is 26.2 Å². The third-order valence-corrected chi connectivity index (χ3v) is 5.85. The summed E-state index contributed by atoms with van der Waals surface area (Å²) in [6.45, 7) is 10.3. The van der Waals surface area contributed by atoms with E-state index in [0.717, 1.165) is 50.9 Å². The van der Waals surface area contributed by atoms with E-state index in [-0.39, 0.29) is 5.97 Å². The lowest BCUT2D eigenvalue weighted by atomic mass is 9.93. The molecule has 27 heavy (non-hydrogen) atoms. The zero-order valence-electron chi connectivity index (χ0n) is 16.6. The maximum atomic E-state index is 11.6. The van der Waals surface area contributed by atoms with Gasteiger partial charge in [-0.2, -0.15) is 0 Å². The molecule has 0 atom stereocenters. The molecule has 2 N–H and O–H groups in total. The van der Waals surface area contributed by atoms with Crippen molar-refractivity contribution in [3.05, 3.63) is 24.3 Å². The summed E-state index contributed by atoms with van der Waals surface area (Å²) in [6.07, 6.45) is 3.83. The van der Waals surface area contributed by atoms with E-state index in [1.807, 2.05) is 19.1 Å². The fourth-order valence-corrected chi connectivity index (χ4v) is 4.09. The zero-order valence-corrected chi connectivity index (χ0v) is 16.6. The Morgan fingerprint density at radius 3 is 2.30 bits per heavy atom. The van der Waals surface area contributed by atoms with Crippen LogP contribution in [-0.2, 0) is 9.53 Å². The van der Waals surface area contributed by atoms with Gasteiger partial charge >= 0.3 is 5.97 Å². The predicted molar refractivity (Wildman–Crippen MR) is 110 cm³/mol. The molecule has 6 nitrogen and oxygen atoms in total. The number of rotatable bonds is 7. The molecule has 1 aromatic rings. The minimum absolute atomic E-state index is 0.0983. The van der Waals surface area contributed by atoms with Gasteiger partial charge in [0.15, 0.2) is 0 Å². The van der Waals surface area contributed by atoms with Gasteiger partial charge in [-0.25, -0.2) is 0 Å². The number of nitrogens with zero attached hydrogens (tertiary/aromatic N) is 3. The molecule has 0 aromatic heterocycles. The average Bonchev–Trinajstić information content (AvgIpc) is 2.69. The molecular formula is C21H34N4O2. The summed E-state index contributed by atoms with van der Waals surface area (Å²) in [5.74, 6) is 0.728. The van der Waals surface area contributed by atoms with Crippen LogP contribution in [0.25, 0.3) is 0 Å². The number of anilines is 2. The topological polar surface area (TPSA) is 62.0 Å². The third-order valence-electron chi connectivity index (χ3n) is 5.85. The van der Waals surface area contributed by atoms with Crippen molar-refractivity contribution in [1.29, 1.82) is 0 Å². The molecular weight excluding hydrogens is 340 g/mol. The molecule has 2 aliphatic heterocycles. The van der Waals surface area contributed by atoms with Gasteiger partial charge in [0, 0.05) is 50.6 Å². The molecule has 2 heterocycles. The second kappa shape index (κ2) is 9.95. The number of carbonyl (C=O) groups excluding carboxylic acids is 1. The number of piperazine rings is 1. The first kappa shape index (κ1) is 20.0. The number of ether oxygens (including phenoxy) is 1. The van der Waals surface area contributed by atoms with Crippen LogP contribution in [0, 0.1) is 5.92 Å². The summed E-state index contributed by atoms with van der Waals surface area (Å²) >= 11 is 0. The Morgan fingerprint density at radius 2 is 1.67 bits per heavy atom. The Bertz CT molecular complexity index is 576. The van der Waals surface area contributed by atoms with E-state index in [2.05, 4.69) is 26.8 Å². The Hall–Kier alpha value is -1.79. The maximum Gasteiger partial charge on any atom is 0.320 e. The van der Waals surface area contributed by atoms with Crippen molar-refractivity contribution in [1.82, 2.24) is 9.80 Å². The predicted octanol–water partition coefficient (Wildman–Crippen LogP) is 2.06. The molecule has 2 fully saturated rings. The molecule has 0 unspecified atom stereocenters. The zero-order chi connectivity index (χ0) is 19.1. The van der Waals surface area contributed by atoms with E-state index in [0.29, 0.717) is 13.2 Å². The van der Waals surface area contributed by atoms with E-state index in [4.69, 9.17) is 10.5 Å². The van der Waals surface area contributed by atoms with Crippen LogP contribution in [0.15, 0.2) is 24.3 Å². The van der Waals surface area contributed by atoms with Crippen LogP contribution in [0.5, 0.6) is 0 Å². The quantitative estimate of drug-likeness (QED) is 0.582. The number of nitrogens with two attached hydrogens (primary N) is 1. The third kappa shape index (κ3) is 6.11. The van der Waals surface area contributed by atoms with Gasteiger partial charge in [-0.3, -0.25) is 9.69 Å². The van der Waals surface area contributed by atoms with Gasteiger partial charge < -0.3 is 20.3 Å². The first-order chi connectivity index (χ1) is 13.1. The van der Waals surface area contributed by atoms with Crippen molar-refractivity contribution in [2.24, 2.45) is 5.92 Å². The highest BCUT2D eigenvalue weighted by atomic mass is 16.5. The number of hydrogen-bond donors (Lipinski definition) is 1. The van der Waals surface area contributed by atoms with Crippen molar-refractivity contribution < 1.29 is 9.53 Å². The highest BCUT2D eigenvalue weighted by molar-refractivity contribution is 5.71. The van der Waals surface area contributed by atoms with E-state index < -0.39 is 0 Å². The highest BCUT2D eigenvalue weighted by Crippen LogP contribution is 2.26. The molecule has 2 aliphatic rings.